The molecular weight excluding hydrogens is 533 g/mol. The Bertz CT molecular complexity index is 1420. The number of pyridine rings is 1. The van der Waals surface area contributed by atoms with Gasteiger partial charge in [-0.15, -0.1) is 0 Å². The monoisotopic (exact) mass is 557 g/mol. The lowest BCUT2D eigenvalue weighted by molar-refractivity contribution is -0.137. The average Bonchev–Trinajstić information content (AvgIpc) is 2.77. The van der Waals surface area contributed by atoms with Crippen LogP contribution in [0, 0.1) is 25.7 Å². The number of ether oxygens (including phenoxy) is 1. The summed E-state index contributed by atoms with van der Waals surface area (Å²) in [7, 11) is 0. The molecule has 4 rings (SSSR count). The molecule has 7 nitrogen and oxygen atoms in total. The van der Waals surface area contributed by atoms with Gasteiger partial charge >= 0.3 is 18.3 Å². The van der Waals surface area contributed by atoms with Crippen molar-refractivity contribution in [2.75, 3.05) is 31.1 Å². The predicted molar refractivity (Wildman–Crippen MR) is 132 cm³/mol. The molecule has 1 saturated heterocycles. The predicted octanol–water partition coefficient (Wildman–Crippen LogP) is 6.32. The van der Waals surface area contributed by atoms with Crippen molar-refractivity contribution in [1.82, 2.24) is 19.9 Å². The molecule has 0 atom stereocenters. The van der Waals surface area contributed by atoms with Crippen molar-refractivity contribution < 1.29 is 31.5 Å². The maximum absolute atomic E-state index is 15.9. The fraction of sp³-hybridized carbons (Fsp3) is 0.440. The highest BCUT2D eigenvalue weighted by molar-refractivity contribution is 6.34. The van der Waals surface area contributed by atoms with Crippen LogP contribution in [0.1, 0.15) is 37.6 Å². The molecule has 1 aliphatic heterocycles. The number of benzene rings is 1. The Hall–Kier alpha value is -3.28. The first-order chi connectivity index (χ1) is 17.6. The molecule has 0 saturated carbocycles. The van der Waals surface area contributed by atoms with Gasteiger partial charge in [0.15, 0.2) is 5.82 Å². The van der Waals surface area contributed by atoms with Crippen LogP contribution in [0.2, 0.25) is 5.02 Å². The van der Waals surface area contributed by atoms with Gasteiger partial charge in [0.25, 0.3) is 0 Å². The zero-order valence-corrected chi connectivity index (χ0v) is 22.1. The minimum absolute atomic E-state index is 0.00751. The molecule has 0 bridgehead atoms. The summed E-state index contributed by atoms with van der Waals surface area (Å²) in [6.45, 7) is 8.81. The van der Waals surface area contributed by atoms with Crippen LogP contribution >= 0.6 is 11.6 Å². The first kappa shape index (κ1) is 27.7. The zero-order valence-electron chi connectivity index (χ0n) is 21.3. The van der Waals surface area contributed by atoms with Crippen LogP contribution < -0.4 is 4.90 Å². The molecule has 1 fully saturated rings. The minimum atomic E-state index is -4.85. The number of nitrogens with zero attached hydrogens (tertiary/aromatic N) is 5. The van der Waals surface area contributed by atoms with E-state index in [-0.39, 0.29) is 53.7 Å². The maximum Gasteiger partial charge on any atom is 0.418 e. The van der Waals surface area contributed by atoms with Gasteiger partial charge in [0.1, 0.15) is 16.9 Å². The quantitative estimate of drug-likeness (QED) is 0.271. The van der Waals surface area contributed by atoms with E-state index in [0.717, 1.165) is 0 Å². The number of amides is 1. The number of aromatic nitrogens is 3. The van der Waals surface area contributed by atoms with Crippen molar-refractivity contribution in [1.29, 1.82) is 0 Å². The van der Waals surface area contributed by atoms with E-state index in [1.807, 2.05) is 0 Å². The molecule has 204 valence electrons. The Morgan fingerprint density at radius 3 is 2.21 bits per heavy atom. The van der Waals surface area contributed by atoms with E-state index < -0.39 is 52.1 Å². The SMILES string of the molecule is Cc1cc(C)c(C(F)(F)F)c(-c2c(Cl)cc3c(N4CCN(C(=O)OC(C)(C)C)CC4)nc(F)nc3c2F)n1. The largest absolute Gasteiger partial charge is 0.444 e. The molecule has 3 aromatic rings. The van der Waals surface area contributed by atoms with Gasteiger partial charge in [-0.2, -0.15) is 27.5 Å². The van der Waals surface area contributed by atoms with Crippen LogP contribution in [-0.2, 0) is 10.9 Å². The van der Waals surface area contributed by atoms with Crippen molar-refractivity contribution >= 4 is 34.4 Å². The van der Waals surface area contributed by atoms with Gasteiger partial charge in [-0.05, 0) is 52.3 Å². The number of piperazine rings is 1. The Kier molecular flexibility index (Phi) is 7.15. The fourth-order valence-electron chi connectivity index (χ4n) is 4.41. The van der Waals surface area contributed by atoms with Gasteiger partial charge in [0.05, 0.1) is 21.8 Å². The third kappa shape index (κ3) is 5.45. The second-order valence-corrected chi connectivity index (χ2v) is 10.4. The normalized spacial score (nSPS) is 14.8. The molecule has 38 heavy (non-hydrogen) atoms. The van der Waals surface area contributed by atoms with E-state index in [2.05, 4.69) is 15.0 Å². The molecule has 1 aromatic carbocycles. The summed E-state index contributed by atoms with van der Waals surface area (Å²) in [6, 6.07) is 2.44. The lowest BCUT2D eigenvalue weighted by atomic mass is 9.98. The number of aryl methyl sites for hydroxylation is 2. The van der Waals surface area contributed by atoms with E-state index in [4.69, 9.17) is 16.3 Å². The van der Waals surface area contributed by atoms with E-state index >= 15 is 4.39 Å². The highest BCUT2D eigenvalue weighted by Crippen LogP contribution is 2.44. The lowest BCUT2D eigenvalue weighted by Gasteiger charge is -2.36. The number of hydrogen-bond donors (Lipinski definition) is 0. The minimum Gasteiger partial charge on any atom is -0.444 e. The fourth-order valence-corrected chi connectivity index (χ4v) is 4.70. The van der Waals surface area contributed by atoms with Crippen molar-refractivity contribution in [2.24, 2.45) is 0 Å². The summed E-state index contributed by atoms with van der Waals surface area (Å²) in [6.07, 6.45) is -6.62. The Balaban J connectivity index is 1.78. The van der Waals surface area contributed by atoms with Gasteiger partial charge in [-0.1, -0.05) is 11.6 Å². The number of carbonyl (C=O) groups excluding carboxylic acids is 1. The Labute approximate surface area is 220 Å². The second-order valence-electron chi connectivity index (χ2n) is 10.0. The molecule has 1 aliphatic rings. The molecule has 13 heteroatoms. The van der Waals surface area contributed by atoms with Crippen LogP contribution in [0.25, 0.3) is 22.2 Å². The first-order valence-corrected chi connectivity index (χ1v) is 12.1. The summed E-state index contributed by atoms with van der Waals surface area (Å²) in [4.78, 5) is 26.8. The highest BCUT2D eigenvalue weighted by atomic mass is 35.5. The third-order valence-corrected chi connectivity index (χ3v) is 6.23. The van der Waals surface area contributed by atoms with Crippen LogP contribution in [0.5, 0.6) is 0 Å². The summed E-state index contributed by atoms with van der Waals surface area (Å²) in [5, 5.41) is -0.344. The van der Waals surface area contributed by atoms with Crippen LogP contribution in [0.4, 0.5) is 32.6 Å². The van der Waals surface area contributed by atoms with Crippen LogP contribution in [0.15, 0.2) is 12.1 Å². The molecule has 0 unspecified atom stereocenters. The van der Waals surface area contributed by atoms with Crippen LogP contribution in [-0.4, -0.2) is 57.7 Å². The van der Waals surface area contributed by atoms with Crippen molar-refractivity contribution in [3.63, 3.8) is 0 Å². The standard InChI is InChI=1S/C25H25ClF5N5O2/c1-12-10-13(2)32-20(17(12)25(29,30)31)16-15(26)11-14-19(18(16)27)33-22(28)34-21(14)35-6-8-36(9-7-35)23(37)38-24(3,4)5/h10-11H,6-9H2,1-5H3. The second kappa shape index (κ2) is 9.79. The molecular formula is C25H25ClF5N5O2. The average molecular weight is 558 g/mol. The summed E-state index contributed by atoms with van der Waals surface area (Å²) in [5.74, 6) is -1.24. The van der Waals surface area contributed by atoms with Gasteiger partial charge < -0.3 is 14.5 Å². The Morgan fingerprint density at radius 2 is 1.63 bits per heavy atom. The summed E-state index contributed by atoms with van der Waals surface area (Å²) in [5.41, 5.74) is -3.62. The topological polar surface area (TPSA) is 71.5 Å². The molecule has 0 aliphatic carbocycles. The number of fused-ring (bicyclic) bond motifs is 1. The Morgan fingerprint density at radius 1 is 1.00 bits per heavy atom. The van der Waals surface area contributed by atoms with Crippen LogP contribution in [0.3, 0.4) is 0 Å². The zero-order chi connectivity index (χ0) is 28.2. The number of alkyl halides is 3. The smallest absolute Gasteiger partial charge is 0.418 e. The van der Waals surface area contributed by atoms with Crippen molar-refractivity contribution in [3.8, 4) is 11.3 Å². The number of anilines is 1. The van der Waals surface area contributed by atoms with Crippen molar-refractivity contribution in [2.45, 2.75) is 46.4 Å². The van der Waals surface area contributed by atoms with E-state index in [1.54, 1.807) is 25.7 Å². The van der Waals surface area contributed by atoms with Crippen molar-refractivity contribution in [3.05, 3.63) is 45.9 Å². The van der Waals surface area contributed by atoms with E-state index in [1.165, 1.54) is 30.9 Å². The number of halogens is 6. The van der Waals surface area contributed by atoms with Gasteiger partial charge in [-0.25, -0.2) is 9.18 Å². The van der Waals surface area contributed by atoms with E-state index in [0.29, 0.717) is 0 Å². The lowest BCUT2D eigenvalue weighted by Crippen LogP contribution is -2.50. The molecule has 0 spiro atoms. The molecule has 0 N–H and O–H groups in total. The number of rotatable bonds is 2. The summed E-state index contributed by atoms with van der Waals surface area (Å²) < 4.78 is 77.5. The van der Waals surface area contributed by atoms with E-state index in [9.17, 15) is 22.4 Å². The third-order valence-electron chi connectivity index (χ3n) is 5.93. The van der Waals surface area contributed by atoms with Gasteiger partial charge in [0.2, 0.25) is 0 Å². The molecule has 1 amide bonds. The number of hydrogen-bond acceptors (Lipinski definition) is 6. The van der Waals surface area contributed by atoms with Gasteiger partial charge in [0, 0.05) is 37.3 Å². The molecule has 3 heterocycles. The molecule has 0 radical (unpaired) electrons. The summed E-state index contributed by atoms with van der Waals surface area (Å²) >= 11 is 6.36. The number of carbonyl (C=O) groups is 1. The maximum atomic E-state index is 15.9. The van der Waals surface area contributed by atoms with Gasteiger partial charge in [-0.3, -0.25) is 4.98 Å². The molecule has 2 aromatic heterocycles. The highest BCUT2D eigenvalue weighted by Gasteiger charge is 2.38. The first-order valence-electron chi connectivity index (χ1n) is 11.7.